The molecule has 3 rings (SSSR count). The van der Waals surface area contributed by atoms with Gasteiger partial charge >= 0.3 is 5.97 Å². The van der Waals surface area contributed by atoms with E-state index in [4.69, 9.17) is 4.74 Å². The van der Waals surface area contributed by atoms with E-state index in [1.54, 1.807) is 13.0 Å². The number of nitrogens with zero attached hydrogens (tertiary/aromatic N) is 2. The molecule has 0 atom stereocenters. The number of amides is 1. The van der Waals surface area contributed by atoms with Crippen LogP contribution >= 0.6 is 0 Å². The molecule has 1 fully saturated rings. The van der Waals surface area contributed by atoms with Crippen molar-refractivity contribution in [3.8, 4) is 0 Å². The van der Waals surface area contributed by atoms with Gasteiger partial charge in [0, 0.05) is 19.2 Å². The minimum absolute atomic E-state index is 0.00398. The third kappa shape index (κ3) is 5.54. The molecule has 1 aliphatic rings. The lowest BCUT2D eigenvalue weighted by Gasteiger charge is -2.30. The van der Waals surface area contributed by atoms with Crippen LogP contribution in [0.5, 0.6) is 0 Å². The summed E-state index contributed by atoms with van der Waals surface area (Å²) in [6.07, 6.45) is 0.208. The zero-order chi connectivity index (χ0) is 25.0. The van der Waals surface area contributed by atoms with Crippen LogP contribution in [0, 0.1) is 34.6 Å². The van der Waals surface area contributed by atoms with Gasteiger partial charge in [0.1, 0.15) is 5.69 Å². The summed E-state index contributed by atoms with van der Waals surface area (Å²) in [7, 11) is -4.07. The second kappa shape index (κ2) is 10.2. The number of para-hydroxylation sites is 1. The predicted molar refractivity (Wildman–Crippen MR) is 115 cm³/mol. The van der Waals surface area contributed by atoms with Gasteiger partial charge in [-0.1, -0.05) is 12.1 Å². The first-order valence-corrected chi connectivity index (χ1v) is 11.6. The summed E-state index contributed by atoms with van der Waals surface area (Å²) in [6, 6.07) is 6.58. The quantitative estimate of drug-likeness (QED) is 0.353. The fourth-order valence-electron chi connectivity index (χ4n) is 3.52. The molecule has 182 valence electrons. The lowest BCUT2D eigenvalue weighted by atomic mass is 9.98. The van der Waals surface area contributed by atoms with Gasteiger partial charge in [-0.15, -0.1) is 0 Å². The number of piperidine rings is 1. The van der Waals surface area contributed by atoms with Gasteiger partial charge in [-0.05, 0) is 43.5 Å². The molecule has 0 radical (unpaired) electrons. The lowest BCUT2D eigenvalue weighted by Crippen LogP contribution is -2.41. The van der Waals surface area contributed by atoms with E-state index in [1.807, 2.05) is 0 Å². The van der Waals surface area contributed by atoms with E-state index < -0.39 is 55.9 Å². The number of nitrogens with one attached hydrogen (secondary N) is 1. The summed E-state index contributed by atoms with van der Waals surface area (Å²) < 4.78 is 57.9. The molecule has 1 amide bonds. The number of esters is 1. The molecule has 1 N–H and O–H groups in total. The van der Waals surface area contributed by atoms with Crippen molar-refractivity contribution in [3.63, 3.8) is 0 Å². The number of nitro benzene ring substituents is 1. The highest BCUT2D eigenvalue weighted by Gasteiger charge is 2.33. The van der Waals surface area contributed by atoms with E-state index in [-0.39, 0.29) is 37.3 Å². The van der Waals surface area contributed by atoms with Crippen molar-refractivity contribution >= 4 is 33.3 Å². The molecule has 0 aliphatic carbocycles. The van der Waals surface area contributed by atoms with Crippen molar-refractivity contribution in [1.82, 2.24) is 4.31 Å². The molecule has 0 bridgehead atoms. The first kappa shape index (κ1) is 25.2. The molecular formula is C21H21F2N3O7S. The van der Waals surface area contributed by atoms with Gasteiger partial charge in [0.2, 0.25) is 10.0 Å². The number of anilines is 1. The van der Waals surface area contributed by atoms with Gasteiger partial charge in [0.25, 0.3) is 11.6 Å². The van der Waals surface area contributed by atoms with Crippen LogP contribution in [0.2, 0.25) is 0 Å². The molecule has 2 aromatic carbocycles. The molecule has 10 nitrogen and oxygen atoms in total. The lowest BCUT2D eigenvalue weighted by molar-refractivity contribution is -0.384. The molecule has 1 saturated heterocycles. The zero-order valence-electron chi connectivity index (χ0n) is 18.0. The summed E-state index contributed by atoms with van der Waals surface area (Å²) >= 11 is 0. The Morgan fingerprint density at radius 2 is 1.85 bits per heavy atom. The zero-order valence-corrected chi connectivity index (χ0v) is 18.8. The average Bonchev–Trinajstić information content (AvgIpc) is 2.80. The van der Waals surface area contributed by atoms with Crippen LogP contribution in [-0.4, -0.2) is 49.2 Å². The molecule has 0 saturated carbocycles. The Labute approximate surface area is 193 Å². The highest BCUT2D eigenvalue weighted by Crippen LogP contribution is 2.28. The maximum Gasteiger partial charge on any atom is 0.309 e. The van der Waals surface area contributed by atoms with Gasteiger partial charge in [0.15, 0.2) is 18.2 Å². The number of benzene rings is 2. The first-order valence-electron chi connectivity index (χ1n) is 10.2. The number of ether oxygens (including phenoxy) is 1. The molecule has 0 spiro atoms. The van der Waals surface area contributed by atoms with Crippen LogP contribution in [0.4, 0.5) is 20.2 Å². The van der Waals surface area contributed by atoms with E-state index in [9.17, 15) is 36.9 Å². The second-order valence-corrected chi connectivity index (χ2v) is 9.57. The van der Waals surface area contributed by atoms with E-state index in [1.165, 1.54) is 12.1 Å². The Kier molecular flexibility index (Phi) is 7.57. The van der Waals surface area contributed by atoms with Crippen LogP contribution in [-0.2, 0) is 24.3 Å². The Balaban J connectivity index is 1.54. The van der Waals surface area contributed by atoms with Crippen LogP contribution < -0.4 is 5.32 Å². The van der Waals surface area contributed by atoms with Gasteiger partial charge < -0.3 is 10.1 Å². The molecule has 0 unspecified atom stereocenters. The molecule has 1 heterocycles. The number of carbonyl (C=O) groups is 2. The summed E-state index contributed by atoms with van der Waals surface area (Å²) in [5.41, 5.74) is 0.169. The topological polar surface area (TPSA) is 136 Å². The molecule has 0 aromatic heterocycles. The SMILES string of the molecule is Cc1cccc([N+](=O)[O-])c1NC(=O)COC(=O)C1CCN(S(=O)(=O)c2ccc(F)c(F)c2)CC1. The Bertz CT molecular complexity index is 1230. The van der Waals surface area contributed by atoms with E-state index in [2.05, 4.69) is 5.32 Å². The Morgan fingerprint density at radius 3 is 2.47 bits per heavy atom. The van der Waals surface area contributed by atoms with Crippen molar-refractivity contribution in [1.29, 1.82) is 0 Å². The first-order chi connectivity index (χ1) is 16.0. The van der Waals surface area contributed by atoms with Crippen molar-refractivity contribution in [2.75, 3.05) is 25.0 Å². The van der Waals surface area contributed by atoms with Gasteiger partial charge in [-0.2, -0.15) is 4.31 Å². The maximum atomic E-state index is 13.4. The number of hydrogen-bond donors (Lipinski definition) is 1. The average molecular weight is 497 g/mol. The Morgan fingerprint density at radius 1 is 1.18 bits per heavy atom. The molecule has 13 heteroatoms. The minimum Gasteiger partial charge on any atom is -0.455 e. The summed E-state index contributed by atoms with van der Waals surface area (Å²) in [5.74, 6) is -4.59. The van der Waals surface area contributed by atoms with Crippen LogP contribution in [0.1, 0.15) is 18.4 Å². The largest absolute Gasteiger partial charge is 0.455 e. The number of carbonyl (C=O) groups excluding carboxylic acids is 2. The van der Waals surface area contributed by atoms with Crippen molar-refractivity contribution in [2.45, 2.75) is 24.7 Å². The van der Waals surface area contributed by atoms with Crippen LogP contribution in [0.15, 0.2) is 41.3 Å². The molecule has 2 aromatic rings. The van der Waals surface area contributed by atoms with Crippen molar-refractivity contribution < 1.29 is 36.4 Å². The van der Waals surface area contributed by atoms with Crippen molar-refractivity contribution in [3.05, 3.63) is 63.7 Å². The van der Waals surface area contributed by atoms with E-state index in [0.717, 1.165) is 16.4 Å². The fraction of sp³-hybridized carbons (Fsp3) is 0.333. The number of sulfonamides is 1. The van der Waals surface area contributed by atoms with Crippen LogP contribution in [0.3, 0.4) is 0 Å². The molecule has 1 aliphatic heterocycles. The van der Waals surface area contributed by atoms with E-state index in [0.29, 0.717) is 11.6 Å². The third-order valence-corrected chi connectivity index (χ3v) is 7.27. The highest BCUT2D eigenvalue weighted by atomic mass is 32.2. The normalized spacial score (nSPS) is 15.0. The number of aryl methyl sites for hydroxylation is 1. The van der Waals surface area contributed by atoms with Gasteiger partial charge in [0.05, 0.1) is 15.7 Å². The smallest absolute Gasteiger partial charge is 0.309 e. The highest BCUT2D eigenvalue weighted by molar-refractivity contribution is 7.89. The number of nitro groups is 1. The number of hydrogen-bond acceptors (Lipinski definition) is 7. The maximum absolute atomic E-state index is 13.4. The number of rotatable bonds is 7. The monoisotopic (exact) mass is 497 g/mol. The summed E-state index contributed by atoms with van der Waals surface area (Å²) in [5, 5.41) is 13.5. The Hall–Kier alpha value is -3.45. The van der Waals surface area contributed by atoms with Crippen molar-refractivity contribution in [2.24, 2.45) is 5.92 Å². The second-order valence-electron chi connectivity index (χ2n) is 7.64. The molecule has 34 heavy (non-hydrogen) atoms. The summed E-state index contributed by atoms with van der Waals surface area (Å²) in [6.45, 7) is 0.805. The number of halogens is 2. The van der Waals surface area contributed by atoms with E-state index >= 15 is 0 Å². The third-order valence-electron chi connectivity index (χ3n) is 5.37. The van der Waals surface area contributed by atoms with Gasteiger partial charge in [-0.3, -0.25) is 19.7 Å². The van der Waals surface area contributed by atoms with Gasteiger partial charge in [-0.25, -0.2) is 17.2 Å². The standard InChI is InChI=1S/C21H21F2N3O7S/c1-13-3-2-4-18(26(29)30)20(13)24-19(27)12-33-21(28)14-7-9-25(10-8-14)34(31,32)15-5-6-16(22)17(23)11-15/h2-6,11,14H,7-10,12H2,1H3,(H,24,27). The fourth-order valence-corrected chi connectivity index (χ4v) is 5.00. The summed E-state index contributed by atoms with van der Waals surface area (Å²) in [4.78, 5) is 34.6. The minimum atomic E-state index is -4.07. The predicted octanol–water partition coefficient (Wildman–Crippen LogP) is 2.76. The van der Waals surface area contributed by atoms with Crippen LogP contribution in [0.25, 0.3) is 0 Å². The molecular weight excluding hydrogens is 476 g/mol.